The minimum absolute atomic E-state index is 0. The van der Waals surface area contributed by atoms with Crippen LogP contribution in [0.3, 0.4) is 0 Å². The first kappa shape index (κ1) is 21.7. The lowest BCUT2D eigenvalue weighted by molar-refractivity contribution is 0.238. The molecular weight excluding hydrogens is 388 g/mol. The van der Waals surface area contributed by atoms with Crippen LogP contribution in [0.15, 0.2) is 24.4 Å². The maximum absolute atomic E-state index is 5.53. The number of nitrogens with zero attached hydrogens (tertiary/aromatic N) is 4. The van der Waals surface area contributed by atoms with Crippen LogP contribution < -0.4 is 14.4 Å². The summed E-state index contributed by atoms with van der Waals surface area (Å²) in [6.45, 7) is 7.15. The Morgan fingerprint density at radius 1 is 1.10 bits per heavy atom. The summed E-state index contributed by atoms with van der Waals surface area (Å²) in [5, 5.41) is 0. The zero-order valence-corrected chi connectivity index (χ0v) is 18.4. The van der Waals surface area contributed by atoms with E-state index >= 15 is 0 Å². The van der Waals surface area contributed by atoms with Crippen molar-refractivity contribution in [3.05, 3.63) is 41.2 Å². The summed E-state index contributed by atoms with van der Waals surface area (Å²) in [6.07, 6.45) is 5.46. The van der Waals surface area contributed by atoms with Crippen molar-refractivity contribution in [1.29, 1.82) is 0 Å². The van der Waals surface area contributed by atoms with Crippen LogP contribution in [0.5, 0.6) is 11.5 Å². The summed E-state index contributed by atoms with van der Waals surface area (Å²) in [4.78, 5) is 14.4. The summed E-state index contributed by atoms with van der Waals surface area (Å²) in [6, 6.07) is 5.97. The normalized spacial score (nSPS) is 17.4. The molecule has 0 atom stereocenters. The largest absolute Gasteiger partial charge is 0.497 e. The fourth-order valence-corrected chi connectivity index (χ4v) is 4.11. The van der Waals surface area contributed by atoms with Gasteiger partial charge in [-0.3, -0.25) is 4.90 Å². The number of aromatic nitrogens is 2. The maximum atomic E-state index is 5.53. The molecule has 6 nitrogen and oxygen atoms in total. The first-order chi connectivity index (χ1) is 13.7. The lowest BCUT2D eigenvalue weighted by atomic mass is 9.99. The molecule has 2 aliphatic rings. The molecule has 4 rings (SSSR count). The van der Waals surface area contributed by atoms with Gasteiger partial charge in [0, 0.05) is 56.5 Å². The summed E-state index contributed by atoms with van der Waals surface area (Å²) in [5.41, 5.74) is 3.59. The van der Waals surface area contributed by atoms with Crippen LogP contribution >= 0.6 is 12.4 Å². The molecule has 1 aromatic heterocycles. The molecule has 0 aliphatic carbocycles. The second kappa shape index (κ2) is 9.63. The van der Waals surface area contributed by atoms with Crippen LogP contribution in [-0.4, -0.2) is 48.7 Å². The standard InChI is InChI=1S/C22H30N4O2.ClH/c1-16-6-10-26(11-7-16)22-23-13-18-15-25(9-8-20(18)24-22)14-17-12-19(27-2)4-5-21(17)28-3;/h4-5,12-13,16H,6-11,14-15H2,1-3H3;1H. The van der Waals surface area contributed by atoms with Gasteiger partial charge in [0.05, 0.1) is 19.9 Å². The zero-order valence-electron chi connectivity index (χ0n) is 17.6. The van der Waals surface area contributed by atoms with Crippen LogP contribution in [0.2, 0.25) is 0 Å². The fraction of sp³-hybridized carbons (Fsp3) is 0.545. The Morgan fingerprint density at radius 3 is 2.62 bits per heavy atom. The molecule has 0 N–H and O–H groups in total. The Bertz CT molecular complexity index is 824. The maximum Gasteiger partial charge on any atom is 0.225 e. The van der Waals surface area contributed by atoms with Gasteiger partial charge in [-0.15, -0.1) is 12.4 Å². The van der Waals surface area contributed by atoms with Crippen molar-refractivity contribution >= 4 is 18.4 Å². The van der Waals surface area contributed by atoms with Gasteiger partial charge in [0.2, 0.25) is 5.95 Å². The SMILES string of the molecule is COc1ccc(OC)c(CN2CCc3nc(N4CCC(C)CC4)ncc3C2)c1.Cl. The highest BCUT2D eigenvalue weighted by Crippen LogP contribution is 2.28. The average molecular weight is 419 g/mol. The van der Waals surface area contributed by atoms with Crippen molar-refractivity contribution in [2.24, 2.45) is 5.92 Å². The van der Waals surface area contributed by atoms with Crippen LogP contribution in [0.1, 0.15) is 36.6 Å². The van der Waals surface area contributed by atoms with Gasteiger partial charge in [-0.1, -0.05) is 6.92 Å². The van der Waals surface area contributed by atoms with E-state index < -0.39 is 0 Å². The quantitative estimate of drug-likeness (QED) is 0.737. The second-order valence-electron chi connectivity index (χ2n) is 7.95. The first-order valence-electron chi connectivity index (χ1n) is 10.2. The van der Waals surface area contributed by atoms with E-state index in [-0.39, 0.29) is 12.4 Å². The monoisotopic (exact) mass is 418 g/mol. The van der Waals surface area contributed by atoms with Gasteiger partial charge in [0.25, 0.3) is 0 Å². The van der Waals surface area contributed by atoms with Crippen molar-refractivity contribution < 1.29 is 9.47 Å². The van der Waals surface area contributed by atoms with Crippen molar-refractivity contribution in [2.75, 3.05) is 38.8 Å². The lowest BCUT2D eigenvalue weighted by Gasteiger charge is -2.32. The molecule has 1 fully saturated rings. The highest BCUT2D eigenvalue weighted by atomic mass is 35.5. The molecule has 7 heteroatoms. The molecule has 1 saturated heterocycles. The topological polar surface area (TPSA) is 50.7 Å². The molecule has 2 aromatic rings. The number of ether oxygens (including phenoxy) is 2. The molecule has 0 unspecified atom stereocenters. The molecule has 0 bridgehead atoms. The number of rotatable bonds is 5. The Kier molecular flexibility index (Phi) is 7.19. The van der Waals surface area contributed by atoms with Crippen LogP contribution in [0, 0.1) is 5.92 Å². The Morgan fingerprint density at radius 2 is 1.90 bits per heavy atom. The van der Waals surface area contributed by atoms with Gasteiger partial charge in [-0.2, -0.15) is 0 Å². The molecule has 0 saturated carbocycles. The number of hydrogen-bond acceptors (Lipinski definition) is 6. The molecular formula is C22H31ClN4O2. The van der Waals surface area contributed by atoms with Crippen molar-refractivity contribution in [2.45, 2.75) is 39.3 Å². The molecule has 2 aliphatic heterocycles. The van der Waals surface area contributed by atoms with E-state index in [1.165, 1.54) is 24.1 Å². The Balaban J connectivity index is 0.00000240. The highest BCUT2D eigenvalue weighted by molar-refractivity contribution is 5.85. The second-order valence-corrected chi connectivity index (χ2v) is 7.95. The van der Waals surface area contributed by atoms with Gasteiger partial charge < -0.3 is 14.4 Å². The van der Waals surface area contributed by atoms with Gasteiger partial charge in [0.1, 0.15) is 11.5 Å². The fourth-order valence-electron chi connectivity index (χ4n) is 4.11. The smallest absolute Gasteiger partial charge is 0.225 e. The van der Waals surface area contributed by atoms with E-state index in [0.717, 1.165) is 68.1 Å². The van der Waals surface area contributed by atoms with Crippen molar-refractivity contribution in [3.63, 3.8) is 0 Å². The Labute approximate surface area is 179 Å². The molecule has 0 radical (unpaired) electrons. The van der Waals surface area contributed by atoms with Crippen LogP contribution in [-0.2, 0) is 19.5 Å². The molecule has 3 heterocycles. The predicted molar refractivity (Wildman–Crippen MR) is 117 cm³/mol. The number of hydrogen-bond donors (Lipinski definition) is 0. The number of methoxy groups -OCH3 is 2. The van der Waals surface area contributed by atoms with E-state index in [9.17, 15) is 0 Å². The highest BCUT2D eigenvalue weighted by Gasteiger charge is 2.23. The molecule has 1 aromatic carbocycles. The predicted octanol–water partition coefficient (Wildman–Crippen LogP) is 3.71. The molecule has 158 valence electrons. The third-order valence-electron chi connectivity index (χ3n) is 5.95. The first-order valence-corrected chi connectivity index (χ1v) is 10.2. The minimum atomic E-state index is 0. The summed E-state index contributed by atoms with van der Waals surface area (Å²) in [7, 11) is 3.41. The van der Waals surface area contributed by atoms with Crippen molar-refractivity contribution in [1.82, 2.24) is 14.9 Å². The molecule has 29 heavy (non-hydrogen) atoms. The number of anilines is 1. The number of fused-ring (bicyclic) bond motifs is 1. The van der Waals surface area contributed by atoms with Crippen LogP contribution in [0.25, 0.3) is 0 Å². The third-order valence-corrected chi connectivity index (χ3v) is 5.95. The van der Waals surface area contributed by atoms with E-state index in [4.69, 9.17) is 14.5 Å². The minimum Gasteiger partial charge on any atom is -0.497 e. The number of piperidine rings is 1. The lowest BCUT2D eigenvalue weighted by Crippen LogP contribution is -2.35. The average Bonchev–Trinajstić information content (AvgIpc) is 2.74. The number of halogens is 1. The Hall–Kier alpha value is -2.05. The number of benzene rings is 1. The molecule has 0 amide bonds. The molecule has 0 spiro atoms. The zero-order chi connectivity index (χ0) is 19.5. The summed E-state index contributed by atoms with van der Waals surface area (Å²) in [5.74, 6) is 3.49. The van der Waals surface area contributed by atoms with E-state index in [2.05, 4.69) is 27.8 Å². The van der Waals surface area contributed by atoms with Crippen LogP contribution in [0.4, 0.5) is 5.95 Å². The van der Waals surface area contributed by atoms with E-state index in [1.807, 2.05) is 18.3 Å². The summed E-state index contributed by atoms with van der Waals surface area (Å²) < 4.78 is 10.9. The van der Waals surface area contributed by atoms with Gasteiger partial charge in [-0.05, 0) is 37.0 Å². The van der Waals surface area contributed by atoms with Gasteiger partial charge >= 0.3 is 0 Å². The third kappa shape index (κ3) is 4.93. The summed E-state index contributed by atoms with van der Waals surface area (Å²) >= 11 is 0. The van der Waals surface area contributed by atoms with E-state index in [0.29, 0.717) is 0 Å². The van der Waals surface area contributed by atoms with Gasteiger partial charge in [-0.25, -0.2) is 9.97 Å². The van der Waals surface area contributed by atoms with Gasteiger partial charge in [0.15, 0.2) is 0 Å². The van der Waals surface area contributed by atoms with Crippen molar-refractivity contribution in [3.8, 4) is 11.5 Å². The van der Waals surface area contributed by atoms with E-state index in [1.54, 1.807) is 14.2 Å².